The van der Waals surface area contributed by atoms with E-state index < -0.39 is 12.1 Å². The van der Waals surface area contributed by atoms with E-state index in [0.717, 1.165) is 5.56 Å². The Balaban J connectivity index is 1.72. The Labute approximate surface area is 136 Å². The van der Waals surface area contributed by atoms with E-state index in [9.17, 15) is 4.79 Å². The fourth-order valence-electron chi connectivity index (χ4n) is 2.85. The molecule has 2 fully saturated rings. The lowest BCUT2D eigenvalue weighted by molar-refractivity contribution is -0.213. The highest BCUT2D eigenvalue weighted by Crippen LogP contribution is 2.39. The fourth-order valence-corrected chi connectivity index (χ4v) is 2.85. The van der Waals surface area contributed by atoms with Gasteiger partial charge in [-0.05, 0) is 38.5 Å². The zero-order chi connectivity index (χ0) is 16.4. The summed E-state index contributed by atoms with van der Waals surface area (Å²) in [7, 11) is 0. The van der Waals surface area contributed by atoms with Crippen LogP contribution in [0.5, 0.6) is 0 Å². The van der Waals surface area contributed by atoms with Gasteiger partial charge >= 0.3 is 0 Å². The summed E-state index contributed by atoms with van der Waals surface area (Å²) in [5.74, 6) is -0.728. The second-order valence-corrected chi connectivity index (χ2v) is 6.30. The molecule has 2 aliphatic heterocycles. The minimum Gasteiger partial charge on any atom is -0.368 e. The van der Waals surface area contributed by atoms with Crippen molar-refractivity contribution in [3.8, 4) is 0 Å². The van der Waals surface area contributed by atoms with Crippen molar-refractivity contribution in [1.29, 1.82) is 0 Å². The molecule has 0 aliphatic carbocycles. The number of fused-ring (bicyclic) bond motifs is 1. The monoisotopic (exact) mass is 318 g/mol. The van der Waals surface area contributed by atoms with Crippen LogP contribution >= 0.6 is 0 Å². The summed E-state index contributed by atoms with van der Waals surface area (Å²) in [6.45, 7) is 5.65. The smallest absolute Gasteiger partial charge is 0.190 e. The zero-order valence-electron chi connectivity index (χ0n) is 13.6. The first-order valence-corrected chi connectivity index (χ1v) is 7.80. The minimum atomic E-state index is -0.695. The van der Waals surface area contributed by atoms with Crippen molar-refractivity contribution in [3.05, 3.63) is 48.0 Å². The second kappa shape index (κ2) is 6.53. The molecular weight excluding hydrogens is 296 g/mol. The van der Waals surface area contributed by atoms with Crippen LogP contribution in [0.15, 0.2) is 42.5 Å². The van der Waals surface area contributed by atoms with Gasteiger partial charge in [-0.1, -0.05) is 30.3 Å². The van der Waals surface area contributed by atoms with Crippen LogP contribution in [0.4, 0.5) is 0 Å². The van der Waals surface area contributed by atoms with E-state index in [4.69, 9.17) is 18.9 Å². The fraction of sp³-hybridized carbons (Fsp3) is 0.500. The molecule has 2 heterocycles. The zero-order valence-corrected chi connectivity index (χ0v) is 13.6. The van der Waals surface area contributed by atoms with E-state index in [-0.39, 0.29) is 24.1 Å². The van der Waals surface area contributed by atoms with Crippen LogP contribution in [-0.2, 0) is 30.3 Å². The second-order valence-electron chi connectivity index (χ2n) is 6.30. The maximum Gasteiger partial charge on any atom is 0.190 e. The Bertz CT molecular complexity index is 580. The van der Waals surface area contributed by atoms with E-state index in [1.54, 1.807) is 6.08 Å². The molecule has 0 unspecified atom stereocenters. The molecule has 124 valence electrons. The van der Waals surface area contributed by atoms with Crippen LogP contribution in [0.25, 0.3) is 0 Å². The maximum absolute atomic E-state index is 11.2. The molecule has 0 aromatic heterocycles. The van der Waals surface area contributed by atoms with Crippen LogP contribution < -0.4 is 0 Å². The Morgan fingerprint density at radius 1 is 1.26 bits per heavy atom. The van der Waals surface area contributed by atoms with Crippen LogP contribution in [0.3, 0.4) is 0 Å². The van der Waals surface area contributed by atoms with Crippen molar-refractivity contribution < 1.29 is 23.7 Å². The van der Waals surface area contributed by atoms with Gasteiger partial charge in [-0.2, -0.15) is 0 Å². The van der Waals surface area contributed by atoms with E-state index in [2.05, 4.69) is 0 Å². The lowest BCUT2D eigenvalue weighted by Crippen LogP contribution is -2.36. The highest BCUT2D eigenvalue weighted by molar-refractivity contribution is 5.87. The highest BCUT2D eigenvalue weighted by atomic mass is 16.8. The molecule has 2 saturated heterocycles. The molecule has 1 aromatic carbocycles. The van der Waals surface area contributed by atoms with Crippen molar-refractivity contribution in [2.24, 2.45) is 0 Å². The molecule has 1 aromatic rings. The first-order chi connectivity index (χ1) is 10.9. The predicted molar refractivity (Wildman–Crippen MR) is 83.5 cm³/mol. The predicted octanol–water partition coefficient (Wildman–Crippen LogP) is 2.59. The molecule has 2 aliphatic rings. The third-order valence-electron chi connectivity index (χ3n) is 3.83. The summed E-state index contributed by atoms with van der Waals surface area (Å²) in [5.41, 5.74) is 1.07. The first kappa shape index (κ1) is 16.3. The summed E-state index contributed by atoms with van der Waals surface area (Å²) in [5, 5.41) is 0. The van der Waals surface area contributed by atoms with Crippen molar-refractivity contribution in [3.63, 3.8) is 0 Å². The van der Waals surface area contributed by atoms with E-state index in [1.807, 2.05) is 44.2 Å². The number of ether oxygens (including phenoxy) is 4. The van der Waals surface area contributed by atoms with Crippen LogP contribution in [0.2, 0.25) is 0 Å². The lowest BCUT2D eigenvalue weighted by atomic mass is 10.1. The highest BCUT2D eigenvalue weighted by Gasteiger charge is 2.54. The van der Waals surface area contributed by atoms with Crippen LogP contribution in [0, 0.1) is 0 Å². The van der Waals surface area contributed by atoms with Crippen LogP contribution in [0.1, 0.15) is 26.3 Å². The molecule has 0 radical (unpaired) electrons. The van der Waals surface area contributed by atoms with Gasteiger partial charge < -0.3 is 18.9 Å². The third-order valence-corrected chi connectivity index (χ3v) is 3.83. The van der Waals surface area contributed by atoms with Gasteiger partial charge in [0.1, 0.15) is 18.3 Å². The van der Waals surface area contributed by atoms with E-state index in [1.165, 1.54) is 13.0 Å². The van der Waals surface area contributed by atoms with Crippen LogP contribution in [-0.4, -0.2) is 36.2 Å². The summed E-state index contributed by atoms with van der Waals surface area (Å²) in [4.78, 5) is 11.2. The Morgan fingerprint density at radius 3 is 2.70 bits per heavy atom. The van der Waals surface area contributed by atoms with Gasteiger partial charge in [0, 0.05) is 0 Å². The molecular formula is C18H22O5. The van der Waals surface area contributed by atoms with Gasteiger partial charge in [0.05, 0.1) is 6.61 Å². The summed E-state index contributed by atoms with van der Waals surface area (Å²) >= 11 is 0. The average molecular weight is 318 g/mol. The number of carbonyl (C=O) groups is 1. The summed E-state index contributed by atoms with van der Waals surface area (Å²) in [6.07, 6.45) is 1.74. The minimum absolute atomic E-state index is 0.0327. The number of carbonyl (C=O) groups excluding carboxylic acids is 1. The molecule has 5 heteroatoms. The molecule has 3 rings (SSSR count). The van der Waals surface area contributed by atoms with Gasteiger partial charge in [0.25, 0.3) is 0 Å². The van der Waals surface area contributed by atoms with Gasteiger partial charge in [-0.3, -0.25) is 4.79 Å². The number of allylic oxidation sites excluding steroid dienone is 1. The Kier molecular flexibility index (Phi) is 4.64. The number of benzene rings is 1. The number of rotatable bonds is 5. The van der Waals surface area contributed by atoms with Crippen molar-refractivity contribution in [2.45, 2.75) is 57.8 Å². The van der Waals surface area contributed by atoms with Gasteiger partial charge in [-0.25, -0.2) is 0 Å². The molecule has 0 spiro atoms. The molecule has 0 amide bonds. The average Bonchev–Trinajstić information content (AvgIpc) is 2.95. The lowest BCUT2D eigenvalue weighted by Gasteiger charge is -2.24. The van der Waals surface area contributed by atoms with Gasteiger partial charge in [-0.15, -0.1) is 0 Å². The summed E-state index contributed by atoms with van der Waals surface area (Å²) in [6, 6.07) is 9.91. The van der Waals surface area contributed by atoms with Crippen molar-refractivity contribution in [1.82, 2.24) is 0 Å². The number of hydrogen-bond acceptors (Lipinski definition) is 5. The topological polar surface area (TPSA) is 54.0 Å². The number of ketones is 1. The molecule has 0 saturated carbocycles. The van der Waals surface area contributed by atoms with Crippen molar-refractivity contribution >= 4 is 5.78 Å². The number of hydrogen-bond donors (Lipinski definition) is 0. The maximum atomic E-state index is 11.2. The van der Waals surface area contributed by atoms with E-state index in [0.29, 0.717) is 6.61 Å². The van der Waals surface area contributed by atoms with Gasteiger partial charge in [0.15, 0.2) is 17.9 Å². The van der Waals surface area contributed by atoms with Gasteiger partial charge in [0.2, 0.25) is 0 Å². The normalized spacial score (nSPS) is 32.3. The van der Waals surface area contributed by atoms with Crippen molar-refractivity contribution in [2.75, 3.05) is 0 Å². The van der Waals surface area contributed by atoms with E-state index >= 15 is 0 Å². The molecule has 0 bridgehead atoms. The Hall–Kier alpha value is -1.53. The molecule has 0 N–H and O–H groups in total. The molecule has 4 atom stereocenters. The summed E-state index contributed by atoms with van der Waals surface area (Å²) < 4.78 is 23.6. The molecule has 5 nitrogen and oxygen atoms in total. The SMILES string of the molecule is CC(=O)/C=C\[C@H]1O[C@@H]2OC(C)(C)O[C@@H]2[C@H]1OCc1ccccc1. The Morgan fingerprint density at radius 2 is 2.00 bits per heavy atom. The first-order valence-electron chi connectivity index (χ1n) is 7.80. The quantitative estimate of drug-likeness (QED) is 0.781. The largest absolute Gasteiger partial charge is 0.368 e. The third kappa shape index (κ3) is 3.87. The standard InChI is InChI=1S/C18H22O5/c1-12(19)9-10-14-15(20-11-13-7-5-4-6-8-13)16-17(21-14)23-18(2,3)22-16/h4-10,14-17H,11H2,1-3H3/b10-9-/t14-,15+,16-,17-/m1/s1. The molecule has 23 heavy (non-hydrogen) atoms.